The van der Waals surface area contributed by atoms with Gasteiger partial charge in [0, 0.05) is 19.2 Å². The van der Waals surface area contributed by atoms with Gasteiger partial charge in [0.25, 0.3) is 16.8 Å². The van der Waals surface area contributed by atoms with Crippen LogP contribution in [0.15, 0.2) is 58.2 Å². The van der Waals surface area contributed by atoms with Gasteiger partial charge in [0.1, 0.15) is 5.56 Å². The Morgan fingerprint density at radius 1 is 1.13 bits per heavy atom. The number of rotatable bonds is 7. The molecule has 2 heterocycles. The predicted octanol–water partition coefficient (Wildman–Crippen LogP) is 3.21. The summed E-state index contributed by atoms with van der Waals surface area (Å²) in [6.45, 7) is 2.82. The first-order valence-electron chi connectivity index (χ1n) is 9.53. The number of anilines is 2. The predicted molar refractivity (Wildman–Crippen MR) is 115 cm³/mol. The fraction of sp³-hybridized carbons (Fsp3) is 0.250. The van der Waals surface area contributed by atoms with Crippen LogP contribution in [0.3, 0.4) is 0 Å². The van der Waals surface area contributed by atoms with Crippen molar-refractivity contribution in [2.24, 2.45) is 0 Å². The van der Waals surface area contributed by atoms with Crippen molar-refractivity contribution in [3.05, 3.63) is 58.6 Å². The Kier molecular flexibility index (Phi) is 6.43. The second kappa shape index (κ2) is 9.58. The number of hydrogen-bond acceptors (Lipinski definition) is 9. The van der Waals surface area contributed by atoms with E-state index in [0.717, 1.165) is 36.2 Å². The van der Waals surface area contributed by atoms with Crippen LogP contribution in [0.5, 0.6) is 0 Å². The molecule has 1 aromatic heterocycles. The van der Waals surface area contributed by atoms with Crippen molar-refractivity contribution in [2.75, 3.05) is 42.3 Å². The average Bonchev–Trinajstić information content (AvgIpc) is 3.28. The zero-order valence-corrected chi connectivity index (χ0v) is 17.2. The highest BCUT2D eigenvalue weighted by atomic mass is 32.2. The smallest absolute Gasteiger partial charge is 0.282 e. The average molecular weight is 441 g/mol. The molecule has 0 atom stereocenters. The summed E-state index contributed by atoms with van der Waals surface area (Å²) in [5.74, 6) is -0.139. The van der Waals surface area contributed by atoms with E-state index in [-0.39, 0.29) is 34.0 Å². The molecule has 0 aliphatic carbocycles. The number of nitro benzene ring substituents is 1. The first kappa shape index (κ1) is 20.8. The van der Waals surface area contributed by atoms with Gasteiger partial charge >= 0.3 is 0 Å². The molecule has 1 aliphatic rings. The summed E-state index contributed by atoms with van der Waals surface area (Å²) in [6.07, 6.45) is 0. The Morgan fingerprint density at radius 3 is 2.68 bits per heavy atom. The lowest BCUT2D eigenvalue weighted by Crippen LogP contribution is -2.36. The first-order chi connectivity index (χ1) is 15.1. The summed E-state index contributed by atoms with van der Waals surface area (Å²) in [7, 11) is 0. The molecule has 1 aliphatic heterocycles. The van der Waals surface area contributed by atoms with Crippen LogP contribution in [-0.2, 0) is 9.53 Å². The van der Waals surface area contributed by atoms with Crippen molar-refractivity contribution in [3.8, 4) is 11.5 Å². The van der Waals surface area contributed by atoms with Crippen LogP contribution in [0.25, 0.3) is 11.5 Å². The molecular weight excluding hydrogens is 422 g/mol. The number of morpholine rings is 1. The number of benzene rings is 2. The van der Waals surface area contributed by atoms with Gasteiger partial charge in [0.15, 0.2) is 0 Å². The highest BCUT2D eigenvalue weighted by Crippen LogP contribution is 2.31. The third-order valence-electron chi connectivity index (χ3n) is 4.59. The quantitative estimate of drug-likeness (QED) is 0.334. The van der Waals surface area contributed by atoms with E-state index in [1.165, 1.54) is 12.1 Å². The molecule has 31 heavy (non-hydrogen) atoms. The van der Waals surface area contributed by atoms with E-state index in [9.17, 15) is 14.9 Å². The van der Waals surface area contributed by atoms with E-state index in [1.54, 1.807) is 12.1 Å². The van der Waals surface area contributed by atoms with Crippen molar-refractivity contribution in [1.82, 2.24) is 10.2 Å². The van der Waals surface area contributed by atoms with Crippen LogP contribution in [0.1, 0.15) is 0 Å². The van der Waals surface area contributed by atoms with Crippen LogP contribution in [0.4, 0.5) is 17.1 Å². The molecule has 160 valence electrons. The molecule has 3 aromatic rings. The SMILES string of the molecule is O=C(CSc1nnc(-c2ccccc2[N+](=O)[O-])o1)Nc1ccccc1N1CCOCC1. The minimum absolute atomic E-state index is 0.0351. The summed E-state index contributed by atoms with van der Waals surface area (Å²) in [5.41, 5.74) is 1.78. The molecule has 0 unspecified atom stereocenters. The van der Waals surface area contributed by atoms with E-state index in [2.05, 4.69) is 20.4 Å². The Bertz CT molecular complexity index is 1080. The maximum absolute atomic E-state index is 12.5. The number of hydrogen-bond donors (Lipinski definition) is 1. The molecule has 0 radical (unpaired) electrons. The topological polar surface area (TPSA) is 124 Å². The van der Waals surface area contributed by atoms with Crippen molar-refractivity contribution in [2.45, 2.75) is 5.22 Å². The maximum atomic E-state index is 12.5. The fourth-order valence-corrected chi connectivity index (χ4v) is 3.73. The fourth-order valence-electron chi connectivity index (χ4n) is 3.16. The van der Waals surface area contributed by atoms with Gasteiger partial charge in [0.05, 0.1) is 35.3 Å². The monoisotopic (exact) mass is 441 g/mol. The van der Waals surface area contributed by atoms with Crippen LogP contribution in [-0.4, -0.2) is 53.1 Å². The van der Waals surface area contributed by atoms with Gasteiger partial charge in [-0.25, -0.2) is 0 Å². The van der Waals surface area contributed by atoms with E-state index < -0.39 is 4.92 Å². The summed E-state index contributed by atoms with van der Waals surface area (Å²) in [4.78, 5) is 25.3. The molecule has 1 amide bonds. The zero-order chi connectivity index (χ0) is 21.6. The molecule has 2 aromatic carbocycles. The number of carbonyl (C=O) groups excluding carboxylic acids is 1. The molecule has 1 saturated heterocycles. The summed E-state index contributed by atoms with van der Waals surface area (Å²) in [6, 6.07) is 13.7. The lowest BCUT2D eigenvalue weighted by atomic mass is 10.2. The summed E-state index contributed by atoms with van der Waals surface area (Å²) < 4.78 is 10.9. The molecule has 11 heteroatoms. The molecule has 0 bridgehead atoms. The number of thioether (sulfide) groups is 1. The van der Waals surface area contributed by atoms with E-state index in [1.807, 2.05) is 24.3 Å². The van der Waals surface area contributed by atoms with Crippen molar-refractivity contribution in [1.29, 1.82) is 0 Å². The molecule has 0 saturated carbocycles. The molecule has 10 nitrogen and oxygen atoms in total. The van der Waals surface area contributed by atoms with Gasteiger partial charge in [0.2, 0.25) is 5.91 Å². The number of para-hydroxylation sites is 3. The molecule has 1 fully saturated rings. The van der Waals surface area contributed by atoms with E-state index in [4.69, 9.17) is 9.15 Å². The van der Waals surface area contributed by atoms with Gasteiger partial charge < -0.3 is 19.4 Å². The summed E-state index contributed by atoms with van der Waals surface area (Å²) in [5, 5.41) is 22.0. The van der Waals surface area contributed by atoms with Crippen molar-refractivity contribution in [3.63, 3.8) is 0 Å². The second-order valence-corrected chi connectivity index (χ2v) is 7.53. The minimum atomic E-state index is -0.508. The van der Waals surface area contributed by atoms with Gasteiger partial charge in [-0.2, -0.15) is 0 Å². The number of nitrogens with one attached hydrogen (secondary N) is 1. The van der Waals surface area contributed by atoms with Crippen molar-refractivity contribution >= 4 is 34.7 Å². The largest absolute Gasteiger partial charge is 0.411 e. The van der Waals surface area contributed by atoms with Crippen LogP contribution in [0.2, 0.25) is 0 Å². The molecule has 1 N–H and O–H groups in total. The molecule has 0 spiro atoms. The number of aromatic nitrogens is 2. The van der Waals surface area contributed by atoms with Gasteiger partial charge in [-0.3, -0.25) is 14.9 Å². The molecular formula is C20H19N5O5S. The maximum Gasteiger partial charge on any atom is 0.282 e. The second-order valence-electron chi connectivity index (χ2n) is 6.60. The Balaban J connectivity index is 1.39. The Labute approximate surface area is 181 Å². The first-order valence-corrected chi connectivity index (χ1v) is 10.5. The van der Waals surface area contributed by atoms with Crippen LogP contribution in [0, 0.1) is 10.1 Å². The lowest BCUT2D eigenvalue weighted by Gasteiger charge is -2.30. The van der Waals surface area contributed by atoms with E-state index >= 15 is 0 Å². The Morgan fingerprint density at radius 2 is 1.87 bits per heavy atom. The van der Waals surface area contributed by atoms with Crippen LogP contribution < -0.4 is 10.2 Å². The number of nitrogens with zero attached hydrogens (tertiary/aromatic N) is 4. The minimum Gasteiger partial charge on any atom is -0.411 e. The molecule has 4 rings (SSSR count). The Hall–Kier alpha value is -3.44. The van der Waals surface area contributed by atoms with E-state index in [0.29, 0.717) is 13.2 Å². The zero-order valence-electron chi connectivity index (χ0n) is 16.4. The van der Waals surface area contributed by atoms with Gasteiger partial charge in [-0.15, -0.1) is 10.2 Å². The van der Waals surface area contributed by atoms with Gasteiger partial charge in [-0.05, 0) is 18.2 Å². The van der Waals surface area contributed by atoms with Crippen molar-refractivity contribution < 1.29 is 18.9 Å². The standard InChI is InChI=1S/C20H19N5O5S/c26-18(21-15-6-2-4-8-17(15)24-9-11-29-12-10-24)13-31-20-23-22-19(30-20)14-5-1-3-7-16(14)25(27)28/h1-8H,9-13H2,(H,21,26). The number of nitro groups is 1. The lowest BCUT2D eigenvalue weighted by molar-refractivity contribution is -0.384. The highest BCUT2D eigenvalue weighted by Gasteiger charge is 2.20. The number of ether oxygens (including phenoxy) is 1. The number of carbonyl (C=O) groups is 1. The summed E-state index contributed by atoms with van der Waals surface area (Å²) >= 11 is 1.06. The van der Waals surface area contributed by atoms with Crippen LogP contribution >= 0.6 is 11.8 Å². The normalized spacial score (nSPS) is 13.7. The third-order valence-corrected chi connectivity index (χ3v) is 5.41. The third kappa shape index (κ3) is 5.01. The number of amides is 1. The van der Waals surface area contributed by atoms with Gasteiger partial charge in [-0.1, -0.05) is 36.0 Å². The highest BCUT2D eigenvalue weighted by molar-refractivity contribution is 7.99.